The molecule has 20 heavy (non-hydrogen) atoms. The second-order valence-corrected chi connectivity index (χ2v) is 6.10. The standard InChI is InChI=1S/C15H20ClN3O/c16-13-10-17-7-3-12(13)15(20)19-8-4-11(5-9-19)14-2-1-6-18-14/h3,7,10-11,14,18H,1-2,4-6,8-9H2. The van der Waals surface area contributed by atoms with Crippen molar-refractivity contribution < 1.29 is 4.79 Å². The van der Waals surface area contributed by atoms with Crippen LogP contribution in [0.1, 0.15) is 36.0 Å². The summed E-state index contributed by atoms with van der Waals surface area (Å²) >= 11 is 6.05. The van der Waals surface area contributed by atoms with Crippen LogP contribution in [0, 0.1) is 5.92 Å². The van der Waals surface area contributed by atoms with Gasteiger partial charge < -0.3 is 10.2 Å². The molecule has 4 nitrogen and oxygen atoms in total. The van der Waals surface area contributed by atoms with E-state index >= 15 is 0 Å². The number of piperidine rings is 1. The summed E-state index contributed by atoms with van der Waals surface area (Å²) in [6.45, 7) is 2.82. The quantitative estimate of drug-likeness (QED) is 0.910. The van der Waals surface area contributed by atoms with E-state index in [9.17, 15) is 4.79 Å². The van der Waals surface area contributed by atoms with E-state index in [1.807, 2.05) is 4.90 Å². The van der Waals surface area contributed by atoms with E-state index in [4.69, 9.17) is 11.6 Å². The first-order valence-corrected chi connectivity index (χ1v) is 7.75. The predicted octanol–water partition coefficient (Wildman–Crippen LogP) is 2.34. The normalized spacial score (nSPS) is 24.1. The summed E-state index contributed by atoms with van der Waals surface area (Å²) in [4.78, 5) is 18.3. The lowest BCUT2D eigenvalue weighted by molar-refractivity contribution is 0.0674. The van der Waals surface area contributed by atoms with E-state index in [1.54, 1.807) is 12.3 Å². The van der Waals surface area contributed by atoms with Crippen LogP contribution < -0.4 is 5.32 Å². The van der Waals surface area contributed by atoms with Gasteiger partial charge in [0, 0.05) is 31.5 Å². The summed E-state index contributed by atoms with van der Waals surface area (Å²) in [5.74, 6) is 0.754. The van der Waals surface area contributed by atoms with E-state index in [1.165, 1.54) is 19.0 Å². The molecule has 2 saturated heterocycles. The molecule has 1 amide bonds. The van der Waals surface area contributed by atoms with Crippen molar-refractivity contribution in [3.63, 3.8) is 0 Å². The molecule has 108 valence electrons. The van der Waals surface area contributed by atoms with Crippen molar-refractivity contribution in [2.75, 3.05) is 19.6 Å². The maximum Gasteiger partial charge on any atom is 0.255 e. The monoisotopic (exact) mass is 293 g/mol. The minimum absolute atomic E-state index is 0.0373. The molecule has 2 aliphatic heterocycles. The smallest absolute Gasteiger partial charge is 0.255 e. The Labute approximate surface area is 124 Å². The number of hydrogen-bond donors (Lipinski definition) is 1. The molecule has 0 spiro atoms. The lowest BCUT2D eigenvalue weighted by Crippen LogP contribution is -2.43. The zero-order valence-corrected chi connectivity index (χ0v) is 12.3. The van der Waals surface area contributed by atoms with Crippen molar-refractivity contribution in [3.05, 3.63) is 29.0 Å². The fourth-order valence-electron chi connectivity index (χ4n) is 3.34. The van der Waals surface area contributed by atoms with Gasteiger partial charge in [0.15, 0.2) is 0 Å². The van der Waals surface area contributed by atoms with Gasteiger partial charge in [-0.25, -0.2) is 0 Å². The van der Waals surface area contributed by atoms with Crippen molar-refractivity contribution in [2.24, 2.45) is 5.92 Å². The highest BCUT2D eigenvalue weighted by Crippen LogP contribution is 2.27. The maximum absolute atomic E-state index is 12.4. The van der Waals surface area contributed by atoms with Gasteiger partial charge in [-0.1, -0.05) is 11.6 Å². The number of amides is 1. The topological polar surface area (TPSA) is 45.2 Å². The highest BCUT2D eigenvalue weighted by Gasteiger charge is 2.30. The van der Waals surface area contributed by atoms with Crippen molar-refractivity contribution in [3.8, 4) is 0 Å². The van der Waals surface area contributed by atoms with Gasteiger partial charge in [-0.05, 0) is 44.2 Å². The van der Waals surface area contributed by atoms with Crippen LogP contribution in [0.5, 0.6) is 0 Å². The van der Waals surface area contributed by atoms with Crippen LogP contribution in [0.15, 0.2) is 18.5 Å². The molecule has 2 aliphatic rings. The lowest BCUT2D eigenvalue weighted by atomic mass is 9.88. The van der Waals surface area contributed by atoms with Crippen LogP contribution in [0.3, 0.4) is 0 Å². The van der Waals surface area contributed by atoms with Gasteiger partial charge in [-0.15, -0.1) is 0 Å². The molecule has 0 bridgehead atoms. The Morgan fingerprint density at radius 1 is 1.35 bits per heavy atom. The van der Waals surface area contributed by atoms with Gasteiger partial charge in [0.1, 0.15) is 0 Å². The zero-order valence-electron chi connectivity index (χ0n) is 11.5. The Hall–Kier alpha value is -1.13. The average Bonchev–Trinajstić information content (AvgIpc) is 3.01. The van der Waals surface area contributed by atoms with Crippen LogP contribution in [0.4, 0.5) is 0 Å². The number of aromatic nitrogens is 1. The molecule has 1 N–H and O–H groups in total. The minimum Gasteiger partial charge on any atom is -0.339 e. The number of pyridine rings is 1. The molecule has 5 heteroatoms. The molecule has 0 aliphatic carbocycles. The number of rotatable bonds is 2. The molecule has 0 radical (unpaired) electrons. The molecular formula is C15H20ClN3O. The largest absolute Gasteiger partial charge is 0.339 e. The molecular weight excluding hydrogens is 274 g/mol. The summed E-state index contributed by atoms with van der Waals surface area (Å²) in [6, 6.07) is 2.37. The Morgan fingerprint density at radius 2 is 2.15 bits per heavy atom. The first-order valence-electron chi connectivity index (χ1n) is 7.38. The van der Waals surface area contributed by atoms with Gasteiger partial charge in [-0.3, -0.25) is 9.78 Å². The predicted molar refractivity (Wildman–Crippen MR) is 78.9 cm³/mol. The van der Waals surface area contributed by atoms with E-state index in [2.05, 4.69) is 10.3 Å². The Balaban J connectivity index is 1.60. The summed E-state index contributed by atoms with van der Waals surface area (Å²) in [7, 11) is 0. The lowest BCUT2D eigenvalue weighted by Gasteiger charge is -2.35. The van der Waals surface area contributed by atoms with Gasteiger partial charge >= 0.3 is 0 Å². The van der Waals surface area contributed by atoms with Gasteiger partial charge in [-0.2, -0.15) is 0 Å². The molecule has 0 aromatic carbocycles. The third kappa shape index (κ3) is 2.81. The number of carbonyl (C=O) groups is 1. The van der Waals surface area contributed by atoms with E-state index in [0.29, 0.717) is 16.6 Å². The Morgan fingerprint density at radius 3 is 2.80 bits per heavy atom. The zero-order chi connectivity index (χ0) is 13.9. The van der Waals surface area contributed by atoms with Crippen molar-refractivity contribution in [2.45, 2.75) is 31.7 Å². The molecule has 1 atom stereocenters. The first kappa shape index (κ1) is 13.8. The van der Waals surface area contributed by atoms with Crippen LogP contribution in [0.2, 0.25) is 5.02 Å². The van der Waals surface area contributed by atoms with Crippen LogP contribution in [-0.2, 0) is 0 Å². The second kappa shape index (κ2) is 6.10. The Bertz CT molecular complexity index is 480. The fraction of sp³-hybridized carbons (Fsp3) is 0.600. The van der Waals surface area contributed by atoms with E-state index in [0.717, 1.165) is 38.4 Å². The van der Waals surface area contributed by atoms with Crippen molar-refractivity contribution >= 4 is 17.5 Å². The molecule has 1 aromatic heterocycles. The third-order valence-electron chi connectivity index (χ3n) is 4.50. The number of halogens is 1. The molecule has 1 aromatic rings. The average molecular weight is 294 g/mol. The highest BCUT2D eigenvalue weighted by molar-refractivity contribution is 6.33. The van der Waals surface area contributed by atoms with Crippen LogP contribution >= 0.6 is 11.6 Å². The number of nitrogens with zero attached hydrogens (tertiary/aromatic N) is 2. The summed E-state index contributed by atoms with van der Waals surface area (Å²) in [6.07, 6.45) is 7.90. The Kier molecular flexibility index (Phi) is 4.22. The molecule has 2 fully saturated rings. The number of nitrogens with one attached hydrogen (secondary N) is 1. The molecule has 3 rings (SSSR count). The molecule has 0 saturated carbocycles. The maximum atomic E-state index is 12.4. The van der Waals surface area contributed by atoms with Gasteiger partial charge in [0.2, 0.25) is 0 Å². The summed E-state index contributed by atoms with van der Waals surface area (Å²) in [5, 5.41) is 4.02. The van der Waals surface area contributed by atoms with Crippen molar-refractivity contribution in [1.29, 1.82) is 0 Å². The van der Waals surface area contributed by atoms with Crippen LogP contribution in [0.25, 0.3) is 0 Å². The summed E-state index contributed by atoms with van der Waals surface area (Å²) < 4.78 is 0. The van der Waals surface area contributed by atoms with E-state index < -0.39 is 0 Å². The molecule has 1 unspecified atom stereocenters. The minimum atomic E-state index is 0.0373. The summed E-state index contributed by atoms with van der Waals surface area (Å²) in [5.41, 5.74) is 0.569. The van der Waals surface area contributed by atoms with E-state index in [-0.39, 0.29) is 5.91 Å². The second-order valence-electron chi connectivity index (χ2n) is 5.69. The van der Waals surface area contributed by atoms with Gasteiger partial charge in [0.25, 0.3) is 5.91 Å². The number of likely N-dealkylation sites (tertiary alicyclic amines) is 1. The fourth-order valence-corrected chi connectivity index (χ4v) is 3.54. The number of carbonyl (C=O) groups excluding carboxylic acids is 1. The van der Waals surface area contributed by atoms with Crippen molar-refractivity contribution in [1.82, 2.24) is 15.2 Å². The third-order valence-corrected chi connectivity index (χ3v) is 4.80. The molecule has 3 heterocycles. The van der Waals surface area contributed by atoms with Gasteiger partial charge in [0.05, 0.1) is 10.6 Å². The van der Waals surface area contributed by atoms with Crippen LogP contribution in [-0.4, -0.2) is 41.5 Å². The highest BCUT2D eigenvalue weighted by atomic mass is 35.5. The number of hydrogen-bond acceptors (Lipinski definition) is 3. The SMILES string of the molecule is O=C(c1ccncc1Cl)N1CCC(C2CCCN2)CC1. The first-order chi connectivity index (χ1) is 9.75.